The van der Waals surface area contributed by atoms with Crippen LogP contribution in [0.15, 0.2) is 63.7 Å². The highest BCUT2D eigenvalue weighted by atomic mass is 35.5. The summed E-state index contributed by atoms with van der Waals surface area (Å²) >= 11 is 9.23. The summed E-state index contributed by atoms with van der Waals surface area (Å²) in [5.74, 6) is 1.29. The maximum Gasteiger partial charge on any atom is 0.149 e. The first-order chi connectivity index (χ1) is 13.6. The maximum atomic E-state index is 9.62. The third-order valence-electron chi connectivity index (χ3n) is 3.99. The fourth-order valence-corrected chi connectivity index (χ4v) is 4.82. The Hall–Kier alpha value is -2.72. The Kier molecular flexibility index (Phi) is 5.40. The Morgan fingerprint density at radius 2 is 2.04 bits per heavy atom. The molecule has 0 unspecified atom stereocenters. The van der Waals surface area contributed by atoms with E-state index in [9.17, 15) is 5.26 Å². The van der Waals surface area contributed by atoms with Crippen LogP contribution in [-0.4, -0.2) is 17.1 Å². The van der Waals surface area contributed by atoms with Gasteiger partial charge < -0.3 is 9.72 Å². The highest BCUT2D eigenvalue weighted by Gasteiger charge is 2.10. The summed E-state index contributed by atoms with van der Waals surface area (Å²) < 4.78 is 6.38. The Morgan fingerprint density at radius 3 is 2.79 bits per heavy atom. The number of methoxy groups -OCH3 is 1. The number of halogens is 1. The SMILES string of the molecule is COc1ccc2nc(/C(C#N)=C\c3ccc(Sc4ccc(Cl)cc4)s3)[nH]c2c1. The molecule has 0 fully saturated rings. The van der Waals surface area contributed by atoms with Gasteiger partial charge in [0.25, 0.3) is 0 Å². The smallest absolute Gasteiger partial charge is 0.149 e. The molecule has 0 atom stereocenters. The van der Waals surface area contributed by atoms with E-state index in [4.69, 9.17) is 16.3 Å². The second-order valence-electron chi connectivity index (χ2n) is 5.85. The van der Waals surface area contributed by atoms with Crippen molar-refractivity contribution in [3.63, 3.8) is 0 Å². The van der Waals surface area contributed by atoms with E-state index in [1.807, 2.05) is 60.7 Å². The van der Waals surface area contributed by atoms with E-state index in [1.54, 1.807) is 30.2 Å². The third-order valence-corrected chi connectivity index (χ3v) is 6.41. The van der Waals surface area contributed by atoms with Crippen LogP contribution in [0.3, 0.4) is 0 Å². The van der Waals surface area contributed by atoms with E-state index in [2.05, 4.69) is 16.0 Å². The molecular weight excluding hydrogens is 410 g/mol. The molecule has 2 heterocycles. The zero-order valence-corrected chi connectivity index (χ0v) is 17.2. The minimum atomic E-state index is 0.486. The van der Waals surface area contributed by atoms with Crippen molar-refractivity contribution in [3.05, 3.63) is 70.3 Å². The largest absolute Gasteiger partial charge is 0.497 e. The van der Waals surface area contributed by atoms with Crippen LogP contribution in [0.4, 0.5) is 0 Å². The highest BCUT2D eigenvalue weighted by Crippen LogP contribution is 2.35. The van der Waals surface area contributed by atoms with Gasteiger partial charge in [-0.3, -0.25) is 0 Å². The van der Waals surface area contributed by atoms with Crippen LogP contribution >= 0.6 is 34.7 Å². The number of fused-ring (bicyclic) bond motifs is 1. The molecule has 2 aromatic carbocycles. The summed E-state index contributed by atoms with van der Waals surface area (Å²) in [5, 5.41) is 10.3. The number of benzene rings is 2. The maximum absolute atomic E-state index is 9.62. The number of H-pyrrole nitrogens is 1. The molecule has 0 aliphatic carbocycles. The lowest BCUT2D eigenvalue weighted by Gasteiger charge is -1.98. The summed E-state index contributed by atoms with van der Waals surface area (Å²) in [6.45, 7) is 0. The Bertz CT molecular complexity index is 1200. The Morgan fingerprint density at radius 1 is 1.21 bits per heavy atom. The molecule has 0 aliphatic heterocycles. The van der Waals surface area contributed by atoms with E-state index in [-0.39, 0.29) is 0 Å². The van der Waals surface area contributed by atoms with Crippen LogP contribution in [0, 0.1) is 11.3 Å². The number of nitrogens with zero attached hydrogens (tertiary/aromatic N) is 2. The van der Waals surface area contributed by atoms with Crippen LogP contribution in [0.5, 0.6) is 5.75 Å². The number of hydrogen-bond acceptors (Lipinski definition) is 5. The first-order valence-electron chi connectivity index (χ1n) is 8.34. The molecular formula is C21H14ClN3OS2. The van der Waals surface area contributed by atoms with Gasteiger partial charge in [0, 0.05) is 20.9 Å². The molecule has 138 valence electrons. The van der Waals surface area contributed by atoms with E-state index in [0.29, 0.717) is 11.4 Å². The lowest BCUT2D eigenvalue weighted by molar-refractivity contribution is 0.415. The number of imidazole rings is 1. The van der Waals surface area contributed by atoms with Crippen LogP contribution in [0.25, 0.3) is 22.7 Å². The summed E-state index contributed by atoms with van der Waals surface area (Å²) in [4.78, 5) is 9.83. The van der Waals surface area contributed by atoms with Gasteiger partial charge in [0.2, 0.25) is 0 Å². The van der Waals surface area contributed by atoms with Crippen LogP contribution in [-0.2, 0) is 0 Å². The van der Waals surface area contributed by atoms with Crippen molar-refractivity contribution in [1.82, 2.24) is 9.97 Å². The standard InChI is InChI=1S/C21H14ClN3OS2/c1-26-15-4-8-18-19(11-15)25-21(24-18)13(12-23)10-17-7-9-20(28-17)27-16-5-2-14(22)3-6-16/h2-11H,1H3,(H,24,25)/b13-10-. The number of nitriles is 1. The van der Waals surface area contributed by atoms with Gasteiger partial charge in [0.05, 0.1) is 27.9 Å². The predicted molar refractivity (Wildman–Crippen MR) is 116 cm³/mol. The number of allylic oxidation sites excluding steroid dienone is 1. The number of hydrogen-bond donors (Lipinski definition) is 1. The second-order valence-corrected chi connectivity index (χ2v) is 8.78. The molecule has 0 bridgehead atoms. The van der Waals surface area contributed by atoms with Crippen LogP contribution in [0.2, 0.25) is 5.02 Å². The quantitative estimate of drug-likeness (QED) is 0.372. The van der Waals surface area contributed by atoms with Crippen molar-refractivity contribution in [1.29, 1.82) is 5.26 Å². The minimum absolute atomic E-state index is 0.486. The van der Waals surface area contributed by atoms with Gasteiger partial charge in [-0.05, 0) is 54.6 Å². The molecule has 1 N–H and O–H groups in total. The molecule has 0 saturated heterocycles. The summed E-state index contributed by atoms with van der Waals surface area (Å²) in [5.41, 5.74) is 2.11. The fraction of sp³-hybridized carbons (Fsp3) is 0.0476. The molecule has 28 heavy (non-hydrogen) atoms. The average molecular weight is 424 g/mol. The fourth-order valence-electron chi connectivity index (χ4n) is 2.62. The van der Waals surface area contributed by atoms with Crippen molar-refractivity contribution in [2.75, 3.05) is 7.11 Å². The highest BCUT2D eigenvalue weighted by molar-refractivity contribution is 8.01. The van der Waals surface area contributed by atoms with Gasteiger partial charge in [-0.2, -0.15) is 5.26 Å². The van der Waals surface area contributed by atoms with E-state index in [0.717, 1.165) is 35.8 Å². The molecule has 4 nitrogen and oxygen atoms in total. The number of ether oxygens (including phenoxy) is 1. The molecule has 0 saturated carbocycles. The molecule has 0 spiro atoms. The van der Waals surface area contributed by atoms with E-state index >= 15 is 0 Å². The monoisotopic (exact) mass is 423 g/mol. The van der Waals surface area contributed by atoms with Crippen molar-refractivity contribution >= 4 is 57.4 Å². The normalized spacial score (nSPS) is 11.5. The molecule has 4 rings (SSSR count). The molecule has 0 aliphatic rings. The van der Waals surface area contributed by atoms with Gasteiger partial charge in [-0.15, -0.1) is 11.3 Å². The number of thiophene rings is 1. The zero-order valence-electron chi connectivity index (χ0n) is 14.8. The van der Waals surface area contributed by atoms with Gasteiger partial charge in [-0.25, -0.2) is 4.98 Å². The number of nitrogens with one attached hydrogen (secondary N) is 1. The van der Waals surface area contributed by atoms with Gasteiger partial charge >= 0.3 is 0 Å². The lowest BCUT2D eigenvalue weighted by Crippen LogP contribution is -1.83. The molecule has 7 heteroatoms. The van der Waals surface area contributed by atoms with E-state index in [1.165, 1.54) is 0 Å². The molecule has 0 radical (unpaired) electrons. The predicted octanol–water partition coefficient (Wildman–Crippen LogP) is 6.50. The minimum Gasteiger partial charge on any atom is -0.497 e. The van der Waals surface area contributed by atoms with Crippen molar-refractivity contribution in [2.24, 2.45) is 0 Å². The first kappa shape index (κ1) is 18.6. The average Bonchev–Trinajstić information content (AvgIpc) is 3.33. The summed E-state index contributed by atoms with van der Waals surface area (Å²) in [6, 6.07) is 19.6. The van der Waals surface area contributed by atoms with Crippen LogP contribution in [0.1, 0.15) is 10.7 Å². The second kappa shape index (κ2) is 8.11. The topological polar surface area (TPSA) is 61.7 Å². The van der Waals surface area contributed by atoms with E-state index < -0.39 is 0 Å². The zero-order chi connectivity index (χ0) is 19.5. The van der Waals surface area contributed by atoms with Gasteiger partial charge in [0.1, 0.15) is 17.6 Å². The first-order valence-corrected chi connectivity index (χ1v) is 10.3. The molecule has 0 amide bonds. The molecule has 2 aromatic heterocycles. The summed E-state index contributed by atoms with van der Waals surface area (Å²) in [6.07, 6.45) is 1.85. The van der Waals surface area contributed by atoms with Gasteiger partial charge in [-0.1, -0.05) is 23.4 Å². The van der Waals surface area contributed by atoms with Crippen molar-refractivity contribution in [3.8, 4) is 11.8 Å². The number of rotatable bonds is 5. The van der Waals surface area contributed by atoms with Crippen molar-refractivity contribution < 1.29 is 4.74 Å². The lowest BCUT2D eigenvalue weighted by atomic mass is 10.2. The Labute approximate surface area is 175 Å². The molecule has 4 aromatic rings. The number of aromatic nitrogens is 2. The van der Waals surface area contributed by atoms with Crippen molar-refractivity contribution in [2.45, 2.75) is 9.10 Å². The van der Waals surface area contributed by atoms with Gasteiger partial charge in [0.15, 0.2) is 0 Å². The van der Waals surface area contributed by atoms with Crippen LogP contribution < -0.4 is 4.74 Å². The third kappa shape index (κ3) is 4.07. The number of aromatic amines is 1. The summed E-state index contributed by atoms with van der Waals surface area (Å²) in [7, 11) is 1.62. The Balaban J connectivity index is 1.59.